The fourth-order valence-electron chi connectivity index (χ4n) is 3.81. The van der Waals surface area contributed by atoms with E-state index in [2.05, 4.69) is 10.4 Å². The summed E-state index contributed by atoms with van der Waals surface area (Å²) in [6.07, 6.45) is 1.76. The lowest BCUT2D eigenvalue weighted by molar-refractivity contribution is -0.121. The van der Waals surface area contributed by atoms with Gasteiger partial charge in [-0.3, -0.25) is 14.2 Å². The van der Waals surface area contributed by atoms with Crippen molar-refractivity contribution in [3.05, 3.63) is 76.7 Å². The molecular formula is C23H21N5O3S. The van der Waals surface area contributed by atoms with E-state index < -0.39 is 0 Å². The van der Waals surface area contributed by atoms with Crippen molar-refractivity contribution in [2.45, 2.75) is 24.2 Å². The molecule has 1 atom stereocenters. The maximum Gasteiger partial charge on any atom is 0.265 e. The number of hydrogen-bond donors (Lipinski definition) is 1. The number of nitrogens with one attached hydrogen (secondary N) is 1. The number of nitrogens with zero attached hydrogens (tertiary/aromatic N) is 4. The first-order valence-corrected chi connectivity index (χ1v) is 11.2. The maximum atomic E-state index is 13.2. The zero-order valence-electron chi connectivity index (χ0n) is 17.4. The topological polar surface area (TPSA) is 91.0 Å². The predicted octanol–water partition coefficient (Wildman–Crippen LogP) is 2.94. The van der Waals surface area contributed by atoms with Crippen molar-refractivity contribution in [3.63, 3.8) is 0 Å². The number of carbonyl (C=O) groups excluding carboxylic acids is 1. The molecule has 1 aliphatic rings. The number of hydrogen-bond acceptors (Lipinski definition) is 6. The number of thioether (sulfide) groups is 1. The van der Waals surface area contributed by atoms with Crippen LogP contribution < -0.4 is 15.6 Å². The van der Waals surface area contributed by atoms with Crippen LogP contribution in [-0.4, -0.2) is 38.1 Å². The minimum Gasteiger partial charge on any atom is -0.497 e. The van der Waals surface area contributed by atoms with Crippen molar-refractivity contribution < 1.29 is 9.53 Å². The summed E-state index contributed by atoms with van der Waals surface area (Å²) < 4.78 is 8.53. The first-order chi connectivity index (χ1) is 15.6. The van der Waals surface area contributed by atoms with E-state index in [1.807, 2.05) is 54.6 Å². The van der Waals surface area contributed by atoms with Gasteiger partial charge in [0.2, 0.25) is 5.91 Å². The minimum absolute atomic E-state index is 0.113. The molecule has 0 spiro atoms. The van der Waals surface area contributed by atoms with Gasteiger partial charge < -0.3 is 10.1 Å². The molecule has 1 aliphatic heterocycles. The summed E-state index contributed by atoms with van der Waals surface area (Å²) in [5.74, 6) is 1.26. The number of amides is 1. The highest BCUT2D eigenvalue weighted by Gasteiger charge is 2.29. The Labute approximate surface area is 188 Å². The zero-order chi connectivity index (χ0) is 22.1. The zero-order valence-corrected chi connectivity index (χ0v) is 18.2. The summed E-state index contributed by atoms with van der Waals surface area (Å²) in [6.45, 7) is 0.402. The normalized spacial score (nSPS) is 15.0. The van der Waals surface area contributed by atoms with Crippen LogP contribution in [0.2, 0.25) is 0 Å². The highest BCUT2D eigenvalue weighted by molar-refractivity contribution is 7.99. The second-order valence-corrected chi connectivity index (χ2v) is 8.48. The lowest BCUT2D eigenvalue weighted by Crippen LogP contribution is -2.30. The third kappa shape index (κ3) is 3.75. The number of methoxy groups -OCH3 is 1. The van der Waals surface area contributed by atoms with E-state index in [9.17, 15) is 9.59 Å². The van der Waals surface area contributed by atoms with Crippen molar-refractivity contribution in [3.8, 4) is 11.4 Å². The van der Waals surface area contributed by atoms with Gasteiger partial charge >= 0.3 is 0 Å². The Morgan fingerprint density at radius 2 is 2.06 bits per heavy atom. The lowest BCUT2D eigenvalue weighted by atomic mass is 10.2. The Morgan fingerprint density at radius 3 is 2.88 bits per heavy atom. The van der Waals surface area contributed by atoms with Crippen molar-refractivity contribution in [1.29, 1.82) is 0 Å². The largest absolute Gasteiger partial charge is 0.497 e. The molecule has 0 aliphatic carbocycles. The highest BCUT2D eigenvalue weighted by atomic mass is 32.2. The molecule has 0 radical (unpaired) electrons. The summed E-state index contributed by atoms with van der Waals surface area (Å²) in [7, 11) is 1.61. The standard InChI is InChI=1S/C23H21N5O3S/c1-31-18-9-5-6-15(10-18)12-24-20(29)11-17-14-32-23-26-21-19(22(30)27(17)23)13-25-28(21)16-7-3-2-4-8-16/h2-10,13,17H,11-12,14H2,1H3,(H,24,29). The molecule has 2 aromatic carbocycles. The van der Waals surface area contributed by atoms with Crippen molar-refractivity contribution in [2.75, 3.05) is 12.9 Å². The average molecular weight is 448 g/mol. The highest BCUT2D eigenvalue weighted by Crippen LogP contribution is 2.33. The number of ether oxygens (including phenoxy) is 1. The SMILES string of the molecule is COc1cccc(CNC(=O)CC2CSc3nc4c(cnn4-c4ccccc4)c(=O)n32)c1. The first-order valence-electron chi connectivity index (χ1n) is 10.2. The van der Waals surface area contributed by atoms with Gasteiger partial charge in [-0.1, -0.05) is 42.1 Å². The molecule has 8 nitrogen and oxygen atoms in total. The smallest absolute Gasteiger partial charge is 0.265 e. The van der Waals surface area contributed by atoms with E-state index in [1.54, 1.807) is 22.6 Å². The molecule has 9 heteroatoms. The van der Waals surface area contributed by atoms with Crippen LogP contribution >= 0.6 is 11.8 Å². The molecule has 0 saturated heterocycles. The van der Waals surface area contributed by atoms with Crippen LogP contribution in [0.3, 0.4) is 0 Å². The third-order valence-corrected chi connectivity index (χ3v) is 6.51. The van der Waals surface area contributed by atoms with Crippen molar-refractivity contribution in [1.82, 2.24) is 24.6 Å². The van der Waals surface area contributed by atoms with Crippen LogP contribution in [-0.2, 0) is 11.3 Å². The van der Waals surface area contributed by atoms with Gasteiger partial charge in [-0.25, -0.2) is 9.67 Å². The quantitative estimate of drug-likeness (QED) is 0.457. The number of fused-ring (bicyclic) bond motifs is 2. The van der Waals surface area contributed by atoms with Gasteiger partial charge in [0.05, 0.1) is 25.0 Å². The Morgan fingerprint density at radius 1 is 1.22 bits per heavy atom. The number of rotatable bonds is 6. The number of carbonyl (C=O) groups is 1. The number of aromatic nitrogens is 4. The molecule has 1 N–H and O–H groups in total. The molecular weight excluding hydrogens is 426 g/mol. The number of benzene rings is 2. The first kappa shape index (κ1) is 20.3. The van der Waals surface area contributed by atoms with E-state index in [1.165, 1.54) is 11.8 Å². The van der Waals surface area contributed by atoms with E-state index in [0.717, 1.165) is 17.0 Å². The van der Waals surface area contributed by atoms with Gasteiger partial charge in [0.15, 0.2) is 10.8 Å². The average Bonchev–Trinajstić information content (AvgIpc) is 3.43. The summed E-state index contributed by atoms with van der Waals surface area (Å²) >= 11 is 1.49. The molecule has 0 bridgehead atoms. The van der Waals surface area contributed by atoms with Crippen LogP contribution in [0.5, 0.6) is 5.75 Å². The Balaban J connectivity index is 1.35. The van der Waals surface area contributed by atoms with E-state index in [-0.39, 0.29) is 23.9 Å². The van der Waals surface area contributed by atoms with Gasteiger partial charge in [0.1, 0.15) is 11.1 Å². The van der Waals surface area contributed by atoms with E-state index in [0.29, 0.717) is 28.5 Å². The second-order valence-electron chi connectivity index (χ2n) is 7.50. The van der Waals surface area contributed by atoms with Crippen molar-refractivity contribution >= 4 is 28.7 Å². The molecule has 2 aromatic heterocycles. The fourth-order valence-corrected chi connectivity index (χ4v) is 4.94. The molecule has 1 amide bonds. The molecule has 3 heterocycles. The second kappa shape index (κ2) is 8.51. The fraction of sp³-hybridized carbons (Fsp3) is 0.217. The minimum atomic E-state index is -0.246. The Kier molecular flexibility index (Phi) is 5.40. The Bertz CT molecular complexity index is 1350. The number of para-hydroxylation sites is 1. The van der Waals surface area contributed by atoms with Crippen LogP contribution in [0.1, 0.15) is 18.0 Å². The summed E-state index contributed by atoms with van der Waals surface area (Å²) in [5.41, 5.74) is 2.16. The van der Waals surface area contributed by atoms with Gasteiger partial charge in [0, 0.05) is 18.7 Å². The third-order valence-electron chi connectivity index (χ3n) is 5.42. The molecule has 0 fully saturated rings. The Hall–Kier alpha value is -3.59. The molecule has 32 heavy (non-hydrogen) atoms. The van der Waals surface area contributed by atoms with Gasteiger partial charge in [-0.2, -0.15) is 5.10 Å². The molecule has 5 rings (SSSR count). The van der Waals surface area contributed by atoms with E-state index >= 15 is 0 Å². The van der Waals surface area contributed by atoms with E-state index in [4.69, 9.17) is 9.72 Å². The summed E-state index contributed by atoms with van der Waals surface area (Å²) in [4.78, 5) is 30.5. The van der Waals surface area contributed by atoms with Crippen LogP contribution in [0.4, 0.5) is 0 Å². The van der Waals surface area contributed by atoms with Gasteiger partial charge in [-0.05, 0) is 29.8 Å². The molecule has 1 unspecified atom stereocenters. The monoisotopic (exact) mass is 447 g/mol. The predicted molar refractivity (Wildman–Crippen MR) is 122 cm³/mol. The van der Waals surface area contributed by atoms with Gasteiger partial charge in [0.25, 0.3) is 5.56 Å². The lowest BCUT2D eigenvalue weighted by Gasteiger charge is -2.14. The molecule has 4 aromatic rings. The maximum absolute atomic E-state index is 13.2. The summed E-state index contributed by atoms with van der Waals surface area (Å²) in [5, 5.41) is 8.37. The van der Waals surface area contributed by atoms with Gasteiger partial charge in [-0.15, -0.1) is 0 Å². The van der Waals surface area contributed by atoms with Crippen LogP contribution in [0.15, 0.2) is 70.7 Å². The van der Waals surface area contributed by atoms with Crippen LogP contribution in [0, 0.1) is 0 Å². The summed E-state index contributed by atoms with van der Waals surface area (Å²) in [6, 6.07) is 16.9. The molecule has 0 saturated carbocycles. The van der Waals surface area contributed by atoms with Crippen LogP contribution in [0.25, 0.3) is 16.7 Å². The van der Waals surface area contributed by atoms with Crippen molar-refractivity contribution in [2.24, 2.45) is 0 Å². The molecule has 162 valence electrons.